The van der Waals surface area contributed by atoms with E-state index < -0.39 is 10.0 Å². The molecule has 0 atom stereocenters. The van der Waals surface area contributed by atoms with Crippen LogP contribution in [0.4, 0.5) is 0 Å². The number of rotatable bonds is 6. The average molecular weight is 222 g/mol. The molecule has 5 heteroatoms. The topological polar surface area (TPSA) is 49.4 Å². The summed E-state index contributed by atoms with van der Waals surface area (Å²) in [5.41, 5.74) is 0. The second-order valence-corrected chi connectivity index (χ2v) is 6.38. The van der Waals surface area contributed by atoms with Gasteiger partial charge in [0.2, 0.25) is 10.0 Å². The molecule has 86 valence electrons. The number of hydrogen-bond acceptors (Lipinski definition) is 3. The van der Waals surface area contributed by atoms with E-state index >= 15 is 0 Å². The summed E-state index contributed by atoms with van der Waals surface area (Å²) >= 11 is 0. The molecule has 0 amide bonds. The van der Waals surface area contributed by atoms with Crippen LogP contribution in [0.15, 0.2) is 0 Å². The fourth-order valence-corrected chi connectivity index (χ4v) is 1.50. The molecule has 0 aromatic heterocycles. The van der Waals surface area contributed by atoms with Crippen LogP contribution in [0.5, 0.6) is 0 Å². The van der Waals surface area contributed by atoms with Gasteiger partial charge in [-0.25, -0.2) is 13.1 Å². The van der Waals surface area contributed by atoms with Crippen LogP contribution < -0.4 is 4.72 Å². The Hall–Kier alpha value is -0.130. The lowest BCUT2D eigenvalue weighted by Gasteiger charge is -2.21. The van der Waals surface area contributed by atoms with Gasteiger partial charge in [0.15, 0.2) is 0 Å². The summed E-state index contributed by atoms with van der Waals surface area (Å²) in [6, 6.07) is 0.443. The van der Waals surface area contributed by atoms with Crippen LogP contribution in [-0.4, -0.2) is 44.7 Å². The van der Waals surface area contributed by atoms with Gasteiger partial charge in [0, 0.05) is 19.1 Å². The molecule has 0 aliphatic carbocycles. The molecular weight excluding hydrogens is 200 g/mol. The highest BCUT2D eigenvalue weighted by atomic mass is 32.2. The summed E-state index contributed by atoms with van der Waals surface area (Å²) in [6.07, 6.45) is 0. The van der Waals surface area contributed by atoms with Gasteiger partial charge in [0.25, 0.3) is 0 Å². The minimum atomic E-state index is -3.10. The normalized spacial score (nSPS) is 13.1. The van der Waals surface area contributed by atoms with Crippen LogP contribution >= 0.6 is 0 Å². The van der Waals surface area contributed by atoms with Crippen molar-refractivity contribution in [3.63, 3.8) is 0 Å². The Kier molecular flexibility index (Phi) is 5.63. The van der Waals surface area contributed by atoms with Crippen molar-refractivity contribution < 1.29 is 8.42 Å². The lowest BCUT2D eigenvalue weighted by atomic mass is 10.3. The molecule has 0 radical (unpaired) electrons. The predicted octanol–water partition coefficient (Wildman–Crippen LogP) is 0.654. The highest BCUT2D eigenvalue weighted by Crippen LogP contribution is 1.96. The van der Waals surface area contributed by atoms with E-state index in [2.05, 4.69) is 23.5 Å². The second-order valence-electron chi connectivity index (χ2n) is 4.06. The number of nitrogens with zero attached hydrogens (tertiary/aromatic N) is 1. The van der Waals surface area contributed by atoms with E-state index in [1.807, 2.05) is 7.05 Å². The van der Waals surface area contributed by atoms with Gasteiger partial charge >= 0.3 is 0 Å². The van der Waals surface area contributed by atoms with Crippen LogP contribution in [0, 0.1) is 0 Å². The van der Waals surface area contributed by atoms with E-state index in [0.717, 1.165) is 6.54 Å². The molecular formula is C9H22N2O2S. The molecule has 0 bridgehead atoms. The maximum absolute atomic E-state index is 11.4. The van der Waals surface area contributed by atoms with Gasteiger partial charge in [-0.1, -0.05) is 0 Å². The summed E-state index contributed by atoms with van der Waals surface area (Å²) < 4.78 is 25.3. The van der Waals surface area contributed by atoms with Gasteiger partial charge in [-0.15, -0.1) is 0 Å². The molecule has 0 saturated carbocycles. The SMILES string of the molecule is CC(C)N(C)CCNS(=O)(=O)C(C)C. The van der Waals surface area contributed by atoms with Crippen molar-refractivity contribution in [3.05, 3.63) is 0 Å². The fraction of sp³-hybridized carbons (Fsp3) is 1.00. The number of hydrogen-bond donors (Lipinski definition) is 1. The van der Waals surface area contributed by atoms with Crippen molar-refractivity contribution in [1.29, 1.82) is 0 Å². The smallest absolute Gasteiger partial charge is 0.213 e. The molecule has 0 unspecified atom stereocenters. The van der Waals surface area contributed by atoms with E-state index in [4.69, 9.17) is 0 Å². The lowest BCUT2D eigenvalue weighted by molar-refractivity contribution is 0.278. The maximum Gasteiger partial charge on any atom is 0.213 e. The first-order valence-corrected chi connectivity index (χ1v) is 6.50. The maximum atomic E-state index is 11.4. The zero-order valence-electron chi connectivity index (χ0n) is 9.74. The van der Waals surface area contributed by atoms with E-state index in [9.17, 15) is 8.42 Å². The summed E-state index contributed by atoms with van der Waals surface area (Å²) in [5, 5.41) is -0.355. The van der Waals surface area contributed by atoms with Crippen molar-refractivity contribution in [1.82, 2.24) is 9.62 Å². The highest BCUT2D eigenvalue weighted by Gasteiger charge is 2.14. The summed E-state index contributed by atoms with van der Waals surface area (Å²) in [4.78, 5) is 2.10. The third-order valence-electron chi connectivity index (χ3n) is 2.27. The first kappa shape index (κ1) is 13.9. The molecule has 0 aliphatic heterocycles. The summed E-state index contributed by atoms with van der Waals surface area (Å²) in [5.74, 6) is 0. The Morgan fingerprint density at radius 2 is 1.71 bits per heavy atom. The van der Waals surface area contributed by atoms with E-state index in [1.54, 1.807) is 13.8 Å². The van der Waals surface area contributed by atoms with Gasteiger partial charge in [0.05, 0.1) is 5.25 Å². The molecule has 4 nitrogen and oxygen atoms in total. The molecule has 0 aliphatic rings. The molecule has 0 aromatic carbocycles. The fourth-order valence-electron chi connectivity index (χ4n) is 0.789. The van der Waals surface area contributed by atoms with Gasteiger partial charge in [0.1, 0.15) is 0 Å². The molecule has 1 N–H and O–H groups in total. The molecule has 0 saturated heterocycles. The van der Waals surface area contributed by atoms with Crippen molar-refractivity contribution in [2.24, 2.45) is 0 Å². The van der Waals surface area contributed by atoms with Gasteiger partial charge < -0.3 is 4.90 Å². The molecule has 14 heavy (non-hydrogen) atoms. The van der Waals surface area contributed by atoms with E-state index in [1.165, 1.54) is 0 Å². The van der Waals surface area contributed by atoms with Crippen LogP contribution in [0.2, 0.25) is 0 Å². The third-order valence-corrected chi connectivity index (χ3v) is 4.12. The van der Waals surface area contributed by atoms with Crippen molar-refractivity contribution >= 4 is 10.0 Å². The zero-order chi connectivity index (χ0) is 11.4. The van der Waals surface area contributed by atoms with Crippen LogP contribution in [0.1, 0.15) is 27.7 Å². The Morgan fingerprint density at radius 3 is 2.07 bits per heavy atom. The first-order valence-electron chi connectivity index (χ1n) is 4.96. The molecule has 0 aromatic rings. The van der Waals surface area contributed by atoms with Crippen LogP contribution in [0.25, 0.3) is 0 Å². The minimum absolute atomic E-state index is 0.355. The van der Waals surface area contributed by atoms with E-state index in [0.29, 0.717) is 12.6 Å². The Bertz CT molecular complexity index is 248. The molecule has 0 fully saturated rings. The van der Waals surface area contributed by atoms with Crippen molar-refractivity contribution in [2.75, 3.05) is 20.1 Å². The highest BCUT2D eigenvalue weighted by molar-refractivity contribution is 7.90. The zero-order valence-corrected chi connectivity index (χ0v) is 10.6. The molecule has 0 heterocycles. The third kappa shape index (κ3) is 4.93. The van der Waals surface area contributed by atoms with Crippen molar-refractivity contribution in [2.45, 2.75) is 39.0 Å². The summed E-state index contributed by atoms with van der Waals surface area (Å²) in [6.45, 7) is 8.73. The van der Waals surface area contributed by atoms with Crippen molar-refractivity contribution in [3.8, 4) is 0 Å². The number of sulfonamides is 1. The second kappa shape index (κ2) is 5.68. The Balaban J connectivity index is 3.86. The molecule has 0 rings (SSSR count). The Labute approximate surface area is 87.7 Å². The molecule has 0 spiro atoms. The minimum Gasteiger partial charge on any atom is -0.303 e. The lowest BCUT2D eigenvalue weighted by Crippen LogP contribution is -2.38. The summed E-state index contributed by atoms with van der Waals surface area (Å²) in [7, 11) is -1.12. The monoisotopic (exact) mass is 222 g/mol. The quantitative estimate of drug-likeness (QED) is 0.718. The largest absolute Gasteiger partial charge is 0.303 e. The predicted molar refractivity (Wildman–Crippen MR) is 59.8 cm³/mol. The number of likely N-dealkylation sites (N-methyl/N-ethyl adjacent to an activating group) is 1. The Morgan fingerprint density at radius 1 is 1.21 bits per heavy atom. The van der Waals surface area contributed by atoms with E-state index in [-0.39, 0.29) is 5.25 Å². The first-order chi connectivity index (χ1) is 6.27. The van der Waals surface area contributed by atoms with Gasteiger partial charge in [-0.2, -0.15) is 0 Å². The van der Waals surface area contributed by atoms with Gasteiger partial charge in [-0.3, -0.25) is 0 Å². The van der Waals surface area contributed by atoms with Crippen LogP contribution in [-0.2, 0) is 10.0 Å². The standard InChI is InChI=1S/C9H22N2O2S/c1-8(2)11(5)7-6-10-14(12,13)9(3)4/h8-10H,6-7H2,1-5H3. The number of nitrogens with one attached hydrogen (secondary N) is 1. The average Bonchev–Trinajstić information content (AvgIpc) is 2.03. The van der Waals surface area contributed by atoms with Gasteiger partial charge in [-0.05, 0) is 34.7 Å². The van der Waals surface area contributed by atoms with Crippen LogP contribution in [0.3, 0.4) is 0 Å².